The average Bonchev–Trinajstić information content (AvgIpc) is 3.54. The van der Waals surface area contributed by atoms with Crippen LogP contribution in [0.2, 0.25) is 0 Å². The minimum atomic E-state index is -4.66. The molecule has 3 aromatic carbocycles. The van der Waals surface area contributed by atoms with Gasteiger partial charge in [0.15, 0.2) is 0 Å². The maximum atomic E-state index is 14.4. The van der Waals surface area contributed by atoms with Gasteiger partial charge in [0.2, 0.25) is 5.91 Å². The van der Waals surface area contributed by atoms with E-state index in [0.717, 1.165) is 31.3 Å². The fourth-order valence-corrected chi connectivity index (χ4v) is 6.20. The number of rotatable bonds is 9. The zero-order valence-electron chi connectivity index (χ0n) is 26.7. The highest BCUT2D eigenvalue weighted by molar-refractivity contribution is 6.06. The molecule has 0 saturated carbocycles. The van der Waals surface area contributed by atoms with E-state index >= 15 is 0 Å². The van der Waals surface area contributed by atoms with Gasteiger partial charge >= 0.3 is 6.18 Å². The van der Waals surface area contributed by atoms with E-state index in [-0.39, 0.29) is 18.0 Å². The van der Waals surface area contributed by atoms with Crippen molar-refractivity contribution in [2.45, 2.75) is 25.1 Å². The van der Waals surface area contributed by atoms with E-state index < -0.39 is 35.5 Å². The number of amides is 3. The van der Waals surface area contributed by atoms with Crippen LogP contribution in [0.15, 0.2) is 97.2 Å². The number of fused-ring (bicyclic) bond motifs is 1. The summed E-state index contributed by atoms with van der Waals surface area (Å²) in [5, 5.41) is 10.3. The Hall–Kier alpha value is -5.27. The number of para-hydroxylation sites is 2. The number of carbonyl (C=O) groups excluding carboxylic acids is 3. The van der Waals surface area contributed by atoms with Crippen molar-refractivity contribution in [1.29, 1.82) is 0 Å². The van der Waals surface area contributed by atoms with E-state index in [2.05, 4.69) is 20.6 Å². The van der Waals surface area contributed by atoms with Crippen molar-refractivity contribution in [1.82, 2.24) is 20.0 Å². The number of carbonyl (C=O) groups is 3. The van der Waals surface area contributed by atoms with Gasteiger partial charge < -0.3 is 15.4 Å². The molecule has 1 saturated heterocycles. The topological polar surface area (TPSA) is 109 Å². The van der Waals surface area contributed by atoms with Gasteiger partial charge in [0.25, 0.3) is 11.8 Å². The summed E-state index contributed by atoms with van der Waals surface area (Å²) in [4.78, 5) is 44.8. The molecule has 2 aliphatic heterocycles. The van der Waals surface area contributed by atoms with E-state index in [1.165, 1.54) is 17.0 Å². The molecule has 13 heteroatoms. The van der Waals surface area contributed by atoms with Gasteiger partial charge in [-0.25, -0.2) is 4.68 Å². The van der Waals surface area contributed by atoms with E-state index in [4.69, 9.17) is 4.74 Å². The van der Waals surface area contributed by atoms with Crippen molar-refractivity contribution in [2.75, 3.05) is 49.6 Å². The van der Waals surface area contributed by atoms with Gasteiger partial charge in [-0.05, 0) is 48.9 Å². The fraction of sp³-hybridized carbons (Fsp3) is 0.278. The van der Waals surface area contributed by atoms with Crippen molar-refractivity contribution in [3.8, 4) is 5.69 Å². The molecule has 3 heterocycles. The quantitative estimate of drug-likeness (QED) is 0.242. The number of aromatic nitrogens is 2. The molecule has 0 spiro atoms. The number of likely N-dealkylation sites (N-methyl/N-ethyl adjacent to an activating group) is 1. The molecule has 1 aromatic heterocycles. The first-order chi connectivity index (χ1) is 23.7. The summed E-state index contributed by atoms with van der Waals surface area (Å²) < 4.78 is 47.6. The maximum absolute atomic E-state index is 14.4. The van der Waals surface area contributed by atoms with Gasteiger partial charge in [-0.15, -0.1) is 0 Å². The van der Waals surface area contributed by atoms with Crippen molar-refractivity contribution in [3.63, 3.8) is 0 Å². The largest absolute Gasteiger partial charge is 0.416 e. The lowest BCUT2D eigenvalue weighted by molar-refractivity contribution is -0.137. The first kappa shape index (κ1) is 33.6. The number of benzene rings is 3. The van der Waals surface area contributed by atoms with Crippen LogP contribution in [0.4, 0.5) is 24.7 Å². The lowest BCUT2D eigenvalue weighted by Gasteiger charge is -2.38. The zero-order chi connectivity index (χ0) is 34.5. The third-order valence-corrected chi connectivity index (χ3v) is 8.57. The number of nitrogens with zero attached hydrogens (tertiary/aromatic N) is 4. The number of morpholine rings is 1. The van der Waals surface area contributed by atoms with Crippen LogP contribution in [-0.4, -0.2) is 77.8 Å². The summed E-state index contributed by atoms with van der Waals surface area (Å²) in [6, 6.07) is 19.0. The number of hydrogen-bond acceptors (Lipinski definition) is 6. The van der Waals surface area contributed by atoms with E-state index in [0.29, 0.717) is 48.1 Å². The van der Waals surface area contributed by atoms with E-state index in [1.54, 1.807) is 48.1 Å². The second-order valence-electron chi connectivity index (χ2n) is 11.7. The standard InChI is InChI=1S/C36H35F3N6O4/c1-2-44-34-28(23-40-45(34)26-12-4-3-5-13-26)31(32(35(44)48)42-33(47)24-10-8-11-25(22-24)36(37,38)39)27-14-6-7-15-29(27)41-30(46)16-9-17-43-18-20-49-21-19-43/h3-16,22-23,31-32H,2,17-21H2,1H3,(H,41,46)(H,42,47)/b16-9+/t31-,32+/m0/s1. The van der Waals surface area contributed by atoms with Crippen LogP contribution in [0.3, 0.4) is 0 Å². The molecule has 2 aliphatic rings. The molecule has 10 nitrogen and oxygen atoms in total. The van der Waals surface area contributed by atoms with Gasteiger partial charge in [-0.2, -0.15) is 18.3 Å². The lowest BCUT2D eigenvalue weighted by atomic mass is 9.81. The predicted molar refractivity (Wildman–Crippen MR) is 178 cm³/mol. The van der Waals surface area contributed by atoms with Crippen LogP contribution in [-0.2, 0) is 20.5 Å². The Kier molecular flexibility index (Phi) is 9.92. The molecule has 0 aliphatic carbocycles. The molecule has 0 bridgehead atoms. The van der Waals surface area contributed by atoms with Crippen molar-refractivity contribution >= 4 is 29.2 Å². The third-order valence-electron chi connectivity index (χ3n) is 8.57. The molecule has 0 radical (unpaired) electrons. The van der Waals surface area contributed by atoms with E-state index in [9.17, 15) is 27.6 Å². The maximum Gasteiger partial charge on any atom is 0.416 e. The second-order valence-corrected chi connectivity index (χ2v) is 11.7. The average molecular weight is 673 g/mol. The number of hydrogen-bond donors (Lipinski definition) is 2. The molecule has 49 heavy (non-hydrogen) atoms. The molecule has 2 atom stereocenters. The monoisotopic (exact) mass is 672 g/mol. The smallest absolute Gasteiger partial charge is 0.379 e. The summed E-state index contributed by atoms with van der Waals surface area (Å²) in [6.45, 7) is 5.40. The first-order valence-corrected chi connectivity index (χ1v) is 15.9. The Balaban J connectivity index is 1.39. The Morgan fingerprint density at radius 1 is 0.980 bits per heavy atom. The van der Waals surface area contributed by atoms with Crippen LogP contribution in [0.25, 0.3) is 5.69 Å². The number of anilines is 2. The van der Waals surface area contributed by atoms with Gasteiger partial charge in [0.05, 0.1) is 30.7 Å². The van der Waals surface area contributed by atoms with Crippen LogP contribution in [0, 0.1) is 0 Å². The van der Waals surface area contributed by atoms with Crippen molar-refractivity contribution in [2.24, 2.45) is 0 Å². The molecule has 0 unspecified atom stereocenters. The number of halogens is 3. The summed E-state index contributed by atoms with van der Waals surface area (Å²) >= 11 is 0. The summed E-state index contributed by atoms with van der Waals surface area (Å²) in [5.41, 5.74) is 0.981. The fourth-order valence-electron chi connectivity index (χ4n) is 6.20. The Morgan fingerprint density at radius 2 is 1.71 bits per heavy atom. The highest BCUT2D eigenvalue weighted by Crippen LogP contribution is 2.43. The van der Waals surface area contributed by atoms with Gasteiger partial charge in [-0.3, -0.25) is 24.2 Å². The minimum Gasteiger partial charge on any atom is -0.379 e. The molecule has 254 valence electrons. The normalized spacial score (nSPS) is 18.4. The van der Waals surface area contributed by atoms with Crippen LogP contribution in [0.5, 0.6) is 0 Å². The molecular formula is C36H35F3N6O4. The zero-order valence-corrected chi connectivity index (χ0v) is 26.7. The molecule has 1 fully saturated rings. The highest BCUT2D eigenvalue weighted by atomic mass is 19.4. The Bertz CT molecular complexity index is 1850. The second kappa shape index (κ2) is 14.5. The minimum absolute atomic E-state index is 0.222. The number of ether oxygens (including phenoxy) is 1. The summed E-state index contributed by atoms with van der Waals surface area (Å²) in [7, 11) is 0. The van der Waals surface area contributed by atoms with Gasteiger partial charge in [0.1, 0.15) is 11.9 Å². The lowest BCUT2D eigenvalue weighted by Crippen LogP contribution is -2.55. The van der Waals surface area contributed by atoms with Crippen LogP contribution in [0.1, 0.15) is 39.9 Å². The van der Waals surface area contributed by atoms with E-state index in [1.807, 2.05) is 30.3 Å². The predicted octanol–water partition coefficient (Wildman–Crippen LogP) is 5.02. The highest BCUT2D eigenvalue weighted by Gasteiger charge is 2.45. The molecular weight excluding hydrogens is 637 g/mol. The van der Waals surface area contributed by atoms with Gasteiger partial charge in [-0.1, -0.05) is 48.5 Å². The summed E-state index contributed by atoms with van der Waals surface area (Å²) in [6.07, 6.45) is 0.176. The molecule has 2 N–H and O–H groups in total. The Morgan fingerprint density at radius 3 is 2.45 bits per heavy atom. The molecule has 4 aromatic rings. The molecule has 3 amide bonds. The van der Waals surface area contributed by atoms with Crippen molar-refractivity contribution in [3.05, 3.63) is 119 Å². The Labute approximate surface area is 281 Å². The molecule has 6 rings (SSSR count). The number of alkyl halides is 3. The number of nitrogens with one attached hydrogen (secondary N) is 2. The summed E-state index contributed by atoms with van der Waals surface area (Å²) in [5.74, 6) is -2.10. The first-order valence-electron chi connectivity index (χ1n) is 15.9. The van der Waals surface area contributed by atoms with Gasteiger partial charge in [0, 0.05) is 55.0 Å². The van der Waals surface area contributed by atoms with Crippen molar-refractivity contribution < 1.29 is 32.3 Å². The SMILES string of the molecule is CCN1C(=O)[C@H](NC(=O)c2cccc(C(F)(F)F)c2)[C@@H](c2ccccc2NC(=O)/C=C/CN2CCOCC2)c2cnn(-c3ccccc3)c21. The van der Waals surface area contributed by atoms with Crippen LogP contribution < -0.4 is 15.5 Å². The third kappa shape index (κ3) is 7.27. The van der Waals surface area contributed by atoms with Crippen LogP contribution >= 0.6 is 0 Å².